The highest BCUT2D eigenvalue weighted by atomic mass is 127. The van der Waals surface area contributed by atoms with Crippen molar-refractivity contribution < 1.29 is 4.79 Å². The first-order chi connectivity index (χ1) is 8.13. The van der Waals surface area contributed by atoms with E-state index < -0.39 is 0 Å². The summed E-state index contributed by atoms with van der Waals surface area (Å²) < 4.78 is 1.07. The fourth-order valence-electron chi connectivity index (χ4n) is 1.61. The van der Waals surface area contributed by atoms with Crippen LogP contribution in [-0.2, 0) is 0 Å². The van der Waals surface area contributed by atoms with Gasteiger partial charge in [-0.25, -0.2) is 0 Å². The molecule has 2 aromatic rings. The fourth-order valence-corrected chi connectivity index (χ4v) is 2.37. The summed E-state index contributed by atoms with van der Waals surface area (Å²) in [6, 6.07) is 11.0. The van der Waals surface area contributed by atoms with Crippen molar-refractivity contribution >= 4 is 46.2 Å². The van der Waals surface area contributed by atoms with Crippen LogP contribution >= 0.6 is 34.2 Å². The molecule has 0 unspecified atom stereocenters. The van der Waals surface area contributed by atoms with Gasteiger partial charge in [0.15, 0.2) is 6.29 Å². The summed E-state index contributed by atoms with van der Waals surface area (Å²) in [6.07, 6.45) is 0.746. The van der Waals surface area contributed by atoms with Gasteiger partial charge in [-0.3, -0.25) is 4.79 Å². The Morgan fingerprint density at radius 1 is 1.18 bits per heavy atom. The van der Waals surface area contributed by atoms with E-state index in [1.165, 1.54) is 0 Å². The molecule has 0 spiro atoms. The zero-order valence-corrected chi connectivity index (χ0v) is 11.7. The molecule has 4 heteroatoms. The number of carbonyl (C=O) groups excluding carboxylic acids is 1. The van der Waals surface area contributed by atoms with Crippen LogP contribution < -0.4 is 5.73 Å². The molecule has 2 N–H and O–H groups in total. The third kappa shape index (κ3) is 2.45. The number of halogens is 2. The second-order valence-corrected chi connectivity index (χ2v) is 5.18. The van der Waals surface area contributed by atoms with E-state index in [4.69, 9.17) is 17.3 Å². The van der Waals surface area contributed by atoms with Gasteiger partial charge in [-0.1, -0.05) is 29.8 Å². The number of nitrogen functional groups attached to an aromatic ring is 1. The monoisotopic (exact) mass is 357 g/mol. The Kier molecular flexibility index (Phi) is 3.69. The number of benzene rings is 2. The molecule has 0 aromatic heterocycles. The van der Waals surface area contributed by atoms with Crippen LogP contribution in [0.5, 0.6) is 0 Å². The van der Waals surface area contributed by atoms with Gasteiger partial charge in [0.1, 0.15) is 0 Å². The number of anilines is 1. The van der Waals surface area contributed by atoms with Crippen molar-refractivity contribution in [2.24, 2.45) is 0 Å². The van der Waals surface area contributed by atoms with Crippen molar-refractivity contribution in [2.45, 2.75) is 0 Å². The molecular formula is C13H9ClINO. The summed E-state index contributed by atoms with van der Waals surface area (Å²) in [5.41, 5.74) is 8.69. The van der Waals surface area contributed by atoms with Gasteiger partial charge >= 0.3 is 0 Å². The summed E-state index contributed by atoms with van der Waals surface area (Å²) in [4.78, 5) is 10.8. The maximum Gasteiger partial charge on any atom is 0.151 e. The van der Waals surface area contributed by atoms with Crippen LogP contribution in [0.15, 0.2) is 36.4 Å². The van der Waals surface area contributed by atoms with Crippen LogP contribution in [0, 0.1) is 3.57 Å². The smallest absolute Gasteiger partial charge is 0.151 e. The van der Waals surface area contributed by atoms with Crippen molar-refractivity contribution in [2.75, 3.05) is 5.73 Å². The van der Waals surface area contributed by atoms with Gasteiger partial charge in [0.05, 0.1) is 5.02 Å². The minimum Gasteiger partial charge on any atom is -0.398 e. The first-order valence-electron chi connectivity index (χ1n) is 4.92. The number of carbonyl (C=O) groups is 1. The molecular weight excluding hydrogens is 349 g/mol. The number of aldehydes is 1. The molecule has 0 aliphatic carbocycles. The molecule has 0 aliphatic rings. The Morgan fingerprint density at radius 3 is 2.65 bits per heavy atom. The molecule has 17 heavy (non-hydrogen) atoms. The van der Waals surface area contributed by atoms with Gasteiger partial charge in [-0.05, 0) is 40.8 Å². The molecule has 0 atom stereocenters. The lowest BCUT2D eigenvalue weighted by Crippen LogP contribution is -1.93. The van der Waals surface area contributed by atoms with Crippen LogP contribution in [-0.4, -0.2) is 6.29 Å². The Balaban J connectivity index is 2.68. The quantitative estimate of drug-likeness (QED) is 0.501. The van der Waals surface area contributed by atoms with E-state index in [0.29, 0.717) is 16.3 Å². The number of nitrogens with two attached hydrogens (primary N) is 1. The zero-order valence-electron chi connectivity index (χ0n) is 8.78. The fraction of sp³-hybridized carbons (Fsp3) is 0. The van der Waals surface area contributed by atoms with Gasteiger partial charge < -0.3 is 5.73 Å². The number of hydrogen-bond acceptors (Lipinski definition) is 2. The van der Waals surface area contributed by atoms with E-state index in [1.807, 2.05) is 24.3 Å². The predicted octanol–water partition coefficient (Wildman–Crippen LogP) is 4.01. The summed E-state index contributed by atoms with van der Waals surface area (Å²) in [5.74, 6) is 0. The summed E-state index contributed by atoms with van der Waals surface area (Å²) in [5, 5.41) is 0.441. The van der Waals surface area contributed by atoms with Crippen molar-refractivity contribution in [3.05, 3.63) is 50.6 Å². The van der Waals surface area contributed by atoms with Gasteiger partial charge in [0, 0.05) is 25.9 Å². The van der Waals surface area contributed by atoms with Crippen LogP contribution in [0.1, 0.15) is 10.4 Å². The van der Waals surface area contributed by atoms with Gasteiger partial charge in [0.2, 0.25) is 0 Å². The lowest BCUT2D eigenvalue weighted by molar-refractivity contribution is 0.112. The van der Waals surface area contributed by atoms with E-state index >= 15 is 0 Å². The molecule has 0 fully saturated rings. The van der Waals surface area contributed by atoms with Crippen LogP contribution in [0.25, 0.3) is 11.1 Å². The van der Waals surface area contributed by atoms with Crippen molar-refractivity contribution in [3.63, 3.8) is 0 Å². The molecule has 2 aromatic carbocycles. The average molecular weight is 358 g/mol. The van der Waals surface area contributed by atoms with Crippen molar-refractivity contribution in [1.82, 2.24) is 0 Å². The minimum absolute atomic E-state index is 0.441. The Hall–Kier alpha value is -1.07. The molecule has 0 bridgehead atoms. The van der Waals surface area contributed by atoms with E-state index in [2.05, 4.69) is 22.6 Å². The van der Waals surface area contributed by atoms with E-state index in [9.17, 15) is 4.79 Å². The topological polar surface area (TPSA) is 43.1 Å². The molecule has 2 rings (SSSR count). The highest BCUT2D eigenvalue weighted by molar-refractivity contribution is 14.1. The second kappa shape index (κ2) is 5.06. The van der Waals surface area contributed by atoms with Crippen molar-refractivity contribution in [3.8, 4) is 11.1 Å². The maximum absolute atomic E-state index is 10.8. The van der Waals surface area contributed by atoms with Crippen LogP contribution in [0.3, 0.4) is 0 Å². The van der Waals surface area contributed by atoms with Gasteiger partial charge in [-0.15, -0.1) is 0 Å². The summed E-state index contributed by atoms with van der Waals surface area (Å²) >= 11 is 8.39. The van der Waals surface area contributed by atoms with E-state index in [1.54, 1.807) is 12.1 Å². The standard InChI is InChI=1S/C13H9ClINO/c14-13-8(7-17)2-1-3-10(13)11-6-9(15)4-5-12(11)16/h1-7H,16H2. The first-order valence-corrected chi connectivity index (χ1v) is 6.38. The average Bonchev–Trinajstić information content (AvgIpc) is 2.33. The molecule has 0 heterocycles. The SMILES string of the molecule is Nc1ccc(I)cc1-c1cccc(C=O)c1Cl. The van der Waals surface area contributed by atoms with Crippen LogP contribution in [0.4, 0.5) is 5.69 Å². The third-order valence-electron chi connectivity index (χ3n) is 2.46. The molecule has 0 saturated carbocycles. The highest BCUT2D eigenvalue weighted by Crippen LogP contribution is 2.34. The van der Waals surface area contributed by atoms with Gasteiger partial charge in [0.25, 0.3) is 0 Å². The lowest BCUT2D eigenvalue weighted by atomic mass is 10.0. The minimum atomic E-state index is 0.441. The van der Waals surface area contributed by atoms with Gasteiger partial charge in [-0.2, -0.15) is 0 Å². The Labute approximate surface area is 118 Å². The molecule has 2 nitrogen and oxygen atoms in total. The molecule has 86 valence electrons. The summed E-state index contributed by atoms with van der Waals surface area (Å²) in [7, 11) is 0. The van der Waals surface area contributed by atoms with Crippen molar-refractivity contribution in [1.29, 1.82) is 0 Å². The third-order valence-corrected chi connectivity index (χ3v) is 3.55. The van der Waals surface area contributed by atoms with Crippen LogP contribution in [0.2, 0.25) is 5.02 Å². The summed E-state index contributed by atoms with van der Waals surface area (Å²) in [6.45, 7) is 0. The normalized spacial score (nSPS) is 10.2. The maximum atomic E-state index is 10.8. The molecule has 0 radical (unpaired) electrons. The predicted molar refractivity (Wildman–Crippen MR) is 79.4 cm³/mol. The number of hydrogen-bond donors (Lipinski definition) is 1. The Bertz CT molecular complexity index is 584. The molecule has 0 aliphatic heterocycles. The highest BCUT2D eigenvalue weighted by Gasteiger charge is 2.10. The molecule has 0 saturated heterocycles. The lowest BCUT2D eigenvalue weighted by Gasteiger charge is -2.09. The zero-order chi connectivity index (χ0) is 12.4. The second-order valence-electron chi connectivity index (χ2n) is 3.56. The van der Waals surface area contributed by atoms with E-state index in [-0.39, 0.29) is 0 Å². The number of rotatable bonds is 2. The Morgan fingerprint density at radius 2 is 1.94 bits per heavy atom. The molecule has 0 amide bonds. The first kappa shape index (κ1) is 12.4. The largest absolute Gasteiger partial charge is 0.398 e. The van der Waals surface area contributed by atoms with E-state index in [0.717, 1.165) is 21.0 Å².